The molecule has 0 saturated carbocycles. The quantitative estimate of drug-likeness (QED) is 0.193. The maximum atomic E-state index is 13.9. The molecule has 2 aliphatic rings. The average molecular weight is 616 g/mol. The predicted molar refractivity (Wildman–Crippen MR) is 154 cm³/mol. The first-order chi connectivity index (χ1) is 20.3. The van der Waals surface area contributed by atoms with Gasteiger partial charge in [0, 0.05) is 30.4 Å². The van der Waals surface area contributed by atoms with E-state index in [0.717, 1.165) is 18.2 Å². The number of furan rings is 1. The number of imidazole rings is 1. The van der Waals surface area contributed by atoms with Crippen LogP contribution < -0.4 is 9.64 Å². The molecule has 2 aromatic carbocycles. The molecule has 13 heteroatoms. The molecule has 218 valence electrons. The van der Waals surface area contributed by atoms with Gasteiger partial charge in [0.15, 0.2) is 17.2 Å². The molecule has 42 heavy (non-hydrogen) atoms. The van der Waals surface area contributed by atoms with E-state index in [0.29, 0.717) is 45.8 Å². The van der Waals surface area contributed by atoms with Gasteiger partial charge in [0.05, 0.1) is 40.3 Å². The Morgan fingerprint density at radius 3 is 2.74 bits per heavy atom. The summed E-state index contributed by atoms with van der Waals surface area (Å²) in [4.78, 5) is 27.0. The van der Waals surface area contributed by atoms with Crippen LogP contribution in [0.4, 0.5) is 14.6 Å². The van der Waals surface area contributed by atoms with Crippen molar-refractivity contribution in [3.8, 4) is 6.01 Å². The molecular formula is C29H25Cl2F2N5O4. The zero-order chi connectivity index (χ0) is 29.1. The highest BCUT2D eigenvalue weighted by Crippen LogP contribution is 2.40. The maximum Gasteiger partial charge on any atom is 0.297 e. The number of anilines is 1. The molecule has 0 N–H and O–H groups in total. The van der Waals surface area contributed by atoms with Crippen LogP contribution in [-0.2, 0) is 9.53 Å². The fourth-order valence-corrected chi connectivity index (χ4v) is 6.36. The summed E-state index contributed by atoms with van der Waals surface area (Å²) in [7, 11) is 0. The van der Waals surface area contributed by atoms with Crippen molar-refractivity contribution in [1.82, 2.24) is 19.5 Å². The van der Waals surface area contributed by atoms with Crippen molar-refractivity contribution in [2.75, 3.05) is 24.7 Å². The molecule has 5 aromatic rings. The van der Waals surface area contributed by atoms with Gasteiger partial charge in [-0.2, -0.15) is 4.98 Å². The van der Waals surface area contributed by atoms with Crippen LogP contribution in [0.1, 0.15) is 38.1 Å². The van der Waals surface area contributed by atoms with E-state index in [1.54, 1.807) is 41.3 Å². The monoisotopic (exact) mass is 615 g/mol. The predicted octanol–water partition coefficient (Wildman–Crippen LogP) is 6.79. The third kappa shape index (κ3) is 4.54. The molecule has 2 fully saturated rings. The highest BCUT2D eigenvalue weighted by molar-refractivity contribution is 6.42. The second-order valence-corrected chi connectivity index (χ2v) is 11.6. The Labute approximate surface area is 248 Å². The molecule has 1 unspecified atom stereocenters. The van der Waals surface area contributed by atoms with Crippen molar-refractivity contribution in [1.29, 1.82) is 0 Å². The summed E-state index contributed by atoms with van der Waals surface area (Å²) >= 11 is 12.7. The van der Waals surface area contributed by atoms with Gasteiger partial charge in [-0.25, -0.2) is 18.7 Å². The fourth-order valence-electron chi connectivity index (χ4n) is 6.04. The molecule has 2 saturated heterocycles. The van der Waals surface area contributed by atoms with Crippen LogP contribution in [0.15, 0.2) is 40.8 Å². The lowest BCUT2D eigenvalue weighted by Gasteiger charge is -2.31. The summed E-state index contributed by atoms with van der Waals surface area (Å²) in [6.07, 6.45) is -1.62. The first-order valence-corrected chi connectivity index (χ1v) is 14.4. The van der Waals surface area contributed by atoms with Crippen LogP contribution >= 0.6 is 23.2 Å². The normalized spacial score (nSPS) is 23.0. The van der Waals surface area contributed by atoms with E-state index < -0.39 is 24.4 Å². The summed E-state index contributed by atoms with van der Waals surface area (Å²) in [6.45, 7) is 3.46. The second kappa shape index (κ2) is 10.6. The molecule has 0 aliphatic carbocycles. The minimum absolute atomic E-state index is 0.0287. The third-order valence-corrected chi connectivity index (χ3v) is 8.77. The molecule has 4 atom stereocenters. The van der Waals surface area contributed by atoms with Crippen molar-refractivity contribution in [2.24, 2.45) is 5.92 Å². The number of hydrogen-bond acceptors (Lipinski definition) is 8. The smallest absolute Gasteiger partial charge is 0.297 e. The molecule has 0 spiro atoms. The van der Waals surface area contributed by atoms with Gasteiger partial charge in [0.1, 0.15) is 23.5 Å². The Bertz CT molecular complexity index is 1830. The Balaban J connectivity index is 1.28. The number of carbonyl (C=O) groups is 1. The van der Waals surface area contributed by atoms with Gasteiger partial charge in [-0.3, -0.25) is 4.57 Å². The van der Waals surface area contributed by atoms with E-state index in [1.807, 2.05) is 4.57 Å². The minimum Gasteiger partial charge on any atom is -0.459 e. The van der Waals surface area contributed by atoms with Crippen LogP contribution in [-0.4, -0.2) is 57.7 Å². The zero-order valence-corrected chi connectivity index (χ0v) is 23.9. The van der Waals surface area contributed by atoms with Gasteiger partial charge >= 0.3 is 0 Å². The summed E-state index contributed by atoms with van der Waals surface area (Å²) < 4.78 is 48.1. The van der Waals surface area contributed by atoms with E-state index in [1.165, 1.54) is 0 Å². The molecule has 2 aliphatic heterocycles. The van der Waals surface area contributed by atoms with Crippen LogP contribution in [0.2, 0.25) is 10.0 Å². The highest BCUT2D eigenvalue weighted by atomic mass is 35.5. The van der Waals surface area contributed by atoms with Gasteiger partial charge in [0.25, 0.3) is 12.4 Å². The second-order valence-electron chi connectivity index (χ2n) is 10.7. The Kier molecular flexibility index (Phi) is 6.91. The van der Waals surface area contributed by atoms with Crippen LogP contribution in [0, 0.1) is 5.92 Å². The molecule has 7 rings (SSSR count). The zero-order valence-electron chi connectivity index (χ0n) is 22.3. The number of halogens is 4. The number of carbonyl (C=O) groups excluding carboxylic acids is 1. The number of alkyl halides is 2. The number of aromatic nitrogens is 4. The summed E-state index contributed by atoms with van der Waals surface area (Å²) in [5.41, 5.74) is 2.40. The minimum atomic E-state index is -2.91. The Morgan fingerprint density at radius 1 is 1.14 bits per heavy atom. The molecular weight excluding hydrogens is 591 g/mol. The van der Waals surface area contributed by atoms with Gasteiger partial charge in [0.2, 0.25) is 0 Å². The van der Waals surface area contributed by atoms with Crippen molar-refractivity contribution < 1.29 is 27.5 Å². The lowest BCUT2D eigenvalue weighted by Crippen LogP contribution is -2.32. The van der Waals surface area contributed by atoms with Crippen molar-refractivity contribution >= 4 is 68.4 Å². The molecule has 0 radical (unpaired) electrons. The lowest BCUT2D eigenvalue weighted by molar-refractivity contribution is -0.108. The number of aldehydes is 1. The van der Waals surface area contributed by atoms with Gasteiger partial charge in [-0.15, -0.1) is 0 Å². The van der Waals surface area contributed by atoms with E-state index in [9.17, 15) is 13.6 Å². The van der Waals surface area contributed by atoms with E-state index in [2.05, 4.69) is 16.9 Å². The van der Waals surface area contributed by atoms with Crippen LogP contribution in [0.25, 0.3) is 33.1 Å². The van der Waals surface area contributed by atoms with Gasteiger partial charge in [-0.1, -0.05) is 42.3 Å². The first kappa shape index (κ1) is 27.3. The van der Waals surface area contributed by atoms with Gasteiger partial charge < -0.3 is 23.6 Å². The topological polar surface area (TPSA) is 95.5 Å². The lowest BCUT2D eigenvalue weighted by atomic mass is 9.97. The SMILES string of the molecule is CC1COCC[C@H]1n1c(O[C@H]2C[C@@H](C=O)N(c3nc(C(F)F)nc4c3oc3ccccc34)C2)nc2cc(Cl)c(Cl)cc21. The largest absolute Gasteiger partial charge is 0.459 e. The molecule has 3 aromatic heterocycles. The first-order valence-electron chi connectivity index (χ1n) is 13.6. The fraction of sp³-hybridized carbons (Fsp3) is 0.379. The van der Waals surface area contributed by atoms with Crippen LogP contribution in [0.5, 0.6) is 6.01 Å². The van der Waals surface area contributed by atoms with Crippen molar-refractivity contribution in [2.45, 2.75) is 44.4 Å². The van der Waals surface area contributed by atoms with E-state index in [-0.39, 0.29) is 41.8 Å². The molecule has 0 bridgehead atoms. The summed E-state index contributed by atoms with van der Waals surface area (Å²) in [5.74, 6) is -0.340. The highest BCUT2D eigenvalue weighted by Gasteiger charge is 2.38. The number of fused-ring (bicyclic) bond motifs is 4. The van der Waals surface area contributed by atoms with Crippen molar-refractivity contribution in [3.63, 3.8) is 0 Å². The summed E-state index contributed by atoms with van der Waals surface area (Å²) in [6, 6.07) is 10.2. The third-order valence-electron chi connectivity index (χ3n) is 8.05. The number of benzene rings is 2. The maximum absolute atomic E-state index is 13.9. The van der Waals surface area contributed by atoms with Crippen molar-refractivity contribution in [3.05, 3.63) is 52.3 Å². The molecule has 9 nitrogen and oxygen atoms in total. The molecule has 5 heterocycles. The number of nitrogens with zero attached hydrogens (tertiary/aromatic N) is 5. The average Bonchev–Trinajstić information content (AvgIpc) is 3.66. The van der Waals surface area contributed by atoms with E-state index in [4.69, 9.17) is 42.1 Å². The summed E-state index contributed by atoms with van der Waals surface area (Å²) in [5, 5.41) is 1.37. The van der Waals surface area contributed by atoms with Crippen LogP contribution in [0.3, 0.4) is 0 Å². The molecule has 0 amide bonds. The number of para-hydroxylation sites is 1. The standard InChI is InChI=1S/C29H25Cl2F2N5O4/c1-14-13-40-7-6-21(14)38-22-10-19(31)18(30)9-20(22)34-29(38)41-16-8-15(12-39)37(11-16)28-25-24(35-27(36-28)26(32)33)17-4-2-3-5-23(17)42-25/h2-5,9-10,12,14-16,21,26H,6-8,11,13H2,1H3/t14?,15-,16-,21+/m0/s1. The van der Waals surface area contributed by atoms with E-state index >= 15 is 0 Å². The Hall–Kier alpha value is -3.54. The number of ether oxygens (including phenoxy) is 2. The van der Waals surface area contributed by atoms with Gasteiger partial charge in [-0.05, 0) is 30.7 Å². The number of hydrogen-bond donors (Lipinski definition) is 0. The Morgan fingerprint density at radius 2 is 1.95 bits per heavy atom. The number of rotatable bonds is 6.